The Morgan fingerprint density at radius 3 is 2.85 bits per heavy atom. The Labute approximate surface area is 76.1 Å². The second-order valence-corrected chi connectivity index (χ2v) is 2.47. The highest BCUT2D eigenvalue weighted by Crippen LogP contribution is 2.14. The number of aromatic hydroxyl groups is 1. The van der Waals surface area contributed by atoms with E-state index in [2.05, 4.69) is 10.1 Å². The van der Waals surface area contributed by atoms with E-state index < -0.39 is 6.09 Å². The zero-order chi connectivity index (χ0) is 9.68. The summed E-state index contributed by atoms with van der Waals surface area (Å²) in [7, 11) is 1.29. The molecule has 13 heavy (non-hydrogen) atoms. The van der Waals surface area contributed by atoms with Crippen molar-refractivity contribution in [2.75, 3.05) is 7.11 Å². The van der Waals surface area contributed by atoms with Gasteiger partial charge in [0.25, 0.3) is 0 Å². The summed E-state index contributed by atoms with van der Waals surface area (Å²) in [5.41, 5.74) is 0.660. The van der Waals surface area contributed by atoms with Gasteiger partial charge in [-0.2, -0.15) is 0 Å². The van der Waals surface area contributed by atoms with Crippen LogP contribution in [0, 0.1) is 0 Å². The minimum atomic E-state index is -0.511. The van der Waals surface area contributed by atoms with E-state index in [-0.39, 0.29) is 12.3 Å². The Morgan fingerprint density at radius 1 is 1.54 bits per heavy atom. The SMILES string of the molecule is COC(=O)NCc1ccccc1O. The maximum atomic E-state index is 10.7. The second kappa shape index (κ2) is 4.35. The third-order valence-corrected chi connectivity index (χ3v) is 1.60. The first-order valence-corrected chi connectivity index (χ1v) is 3.82. The fraction of sp³-hybridized carbons (Fsp3) is 0.222. The molecule has 1 rings (SSSR count). The molecule has 0 aliphatic rings. The average Bonchev–Trinajstić information content (AvgIpc) is 2.16. The molecule has 1 aromatic carbocycles. The predicted octanol–water partition coefficient (Wildman–Crippen LogP) is 1.25. The Morgan fingerprint density at radius 2 is 2.23 bits per heavy atom. The monoisotopic (exact) mass is 181 g/mol. The number of para-hydroxylation sites is 1. The van der Waals surface area contributed by atoms with E-state index in [1.54, 1.807) is 24.3 Å². The lowest BCUT2D eigenvalue weighted by atomic mass is 10.2. The quantitative estimate of drug-likeness (QED) is 0.721. The van der Waals surface area contributed by atoms with Crippen molar-refractivity contribution in [2.45, 2.75) is 6.54 Å². The topological polar surface area (TPSA) is 58.6 Å². The minimum Gasteiger partial charge on any atom is -0.508 e. The van der Waals surface area contributed by atoms with Crippen molar-refractivity contribution in [3.8, 4) is 5.75 Å². The van der Waals surface area contributed by atoms with E-state index in [4.69, 9.17) is 0 Å². The van der Waals surface area contributed by atoms with E-state index in [9.17, 15) is 9.90 Å². The van der Waals surface area contributed by atoms with Crippen molar-refractivity contribution in [1.82, 2.24) is 5.32 Å². The first-order chi connectivity index (χ1) is 6.24. The molecule has 1 aromatic rings. The molecule has 2 N–H and O–H groups in total. The zero-order valence-electron chi connectivity index (χ0n) is 7.28. The van der Waals surface area contributed by atoms with Crippen molar-refractivity contribution in [1.29, 1.82) is 0 Å². The maximum absolute atomic E-state index is 10.7. The summed E-state index contributed by atoms with van der Waals surface area (Å²) < 4.78 is 4.38. The molecule has 0 saturated heterocycles. The van der Waals surface area contributed by atoms with Crippen LogP contribution in [0.4, 0.5) is 4.79 Å². The van der Waals surface area contributed by atoms with Gasteiger partial charge in [0, 0.05) is 12.1 Å². The Kier molecular flexibility index (Phi) is 3.14. The lowest BCUT2D eigenvalue weighted by molar-refractivity contribution is 0.170. The first-order valence-electron chi connectivity index (χ1n) is 3.82. The van der Waals surface area contributed by atoms with E-state index in [0.717, 1.165) is 0 Å². The summed E-state index contributed by atoms with van der Waals surface area (Å²) in [6, 6.07) is 6.80. The molecule has 4 nitrogen and oxygen atoms in total. The van der Waals surface area contributed by atoms with Crippen LogP contribution in [-0.4, -0.2) is 18.3 Å². The van der Waals surface area contributed by atoms with Crippen molar-refractivity contribution in [3.05, 3.63) is 29.8 Å². The van der Waals surface area contributed by atoms with Gasteiger partial charge in [0.05, 0.1) is 7.11 Å². The number of methoxy groups -OCH3 is 1. The van der Waals surface area contributed by atoms with E-state index in [1.165, 1.54) is 7.11 Å². The third-order valence-electron chi connectivity index (χ3n) is 1.60. The smallest absolute Gasteiger partial charge is 0.407 e. The molecule has 0 radical (unpaired) electrons. The minimum absolute atomic E-state index is 0.166. The molecule has 0 bridgehead atoms. The number of benzene rings is 1. The van der Waals surface area contributed by atoms with Gasteiger partial charge >= 0.3 is 6.09 Å². The molecule has 0 aromatic heterocycles. The number of rotatable bonds is 2. The predicted molar refractivity (Wildman–Crippen MR) is 47.4 cm³/mol. The van der Waals surface area contributed by atoms with Crippen LogP contribution in [0.1, 0.15) is 5.56 Å². The number of alkyl carbamates (subject to hydrolysis) is 1. The zero-order valence-corrected chi connectivity index (χ0v) is 7.28. The molecule has 0 unspecified atom stereocenters. The molecular formula is C9H11NO3. The normalized spacial score (nSPS) is 9.31. The van der Waals surface area contributed by atoms with Crippen molar-refractivity contribution < 1.29 is 14.6 Å². The van der Waals surface area contributed by atoms with Crippen molar-refractivity contribution >= 4 is 6.09 Å². The third kappa shape index (κ3) is 2.66. The van der Waals surface area contributed by atoms with Crippen LogP contribution >= 0.6 is 0 Å². The molecule has 0 heterocycles. The molecule has 0 atom stereocenters. The molecule has 0 aliphatic carbocycles. The van der Waals surface area contributed by atoms with Crippen LogP contribution < -0.4 is 5.32 Å². The van der Waals surface area contributed by atoms with Gasteiger partial charge in [0.2, 0.25) is 0 Å². The summed E-state index contributed by atoms with van der Waals surface area (Å²) >= 11 is 0. The molecule has 0 fully saturated rings. The lowest BCUT2D eigenvalue weighted by Gasteiger charge is -2.04. The highest BCUT2D eigenvalue weighted by atomic mass is 16.5. The molecule has 0 aliphatic heterocycles. The number of ether oxygens (including phenoxy) is 1. The summed E-state index contributed by atoms with van der Waals surface area (Å²) in [5.74, 6) is 0.166. The molecule has 0 spiro atoms. The molecular weight excluding hydrogens is 170 g/mol. The number of carbonyl (C=O) groups excluding carboxylic acids is 1. The first kappa shape index (κ1) is 9.38. The molecule has 0 saturated carbocycles. The summed E-state index contributed by atoms with van der Waals surface area (Å²) in [5, 5.41) is 11.8. The highest BCUT2D eigenvalue weighted by molar-refractivity contribution is 5.67. The van der Waals surface area contributed by atoms with E-state index in [1.807, 2.05) is 0 Å². The molecule has 1 amide bonds. The van der Waals surface area contributed by atoms with Crippen molar-refractivity contribution in [2.24, 2.45) is 0 Å². The van der Waals surface area contributed by atoms with Crippen molar-refractivity contribution in [3.63, 3.8) is 0 Å². The van der Waals surface area contributed by atoms with E-state index >= 15 is 0 Å². The van der Waals surface area contributed by atoms with Crippen LogP contribution in [-0.2, 0) is 11.3 Å². The molecule has 70 valence electrons. The number of carbonyl (C=O) groups is 1. The lowest BCUT2D eigenvalue weighted by Crippen LogP contribution is -2.22. The van der Waals surface area contributed by atoms with Gasteiger partial charge in [-0.3, -0.25) is 0 Å². The number of phenolic OH excluding ortho intramolecular Hbond substituents is 1. The fourth-order valence-electron chi connectivity index (χ4n) is 0.900. The number of amides is 1. The number of phenols is 1. The Bertz CT molecular complexity index is 299. The van der Waals surface area contributed by atoms with Gasteiger partial charge in [-0.1, -0.05) is 18.2 Å². The second-order valence-electron chi connectivity index (χ2n) is 2.47. The standard InChI is InChI=1S/C9H11NO3/c1-13-9(12)10-6-7-4-2-3-5-8(7)11/h2-5,11H,6H2,1H3,(H,10,12). The van der Waals surface area contributed by atoms with Gasteiger partial charge in [-0.25, -0.2) is 4.79 Å². The summed E-state index contributed by atoms with van der Waals surface area (Å²) in [4.78, 5) is 10.7. The Hall–Kier alpha value is -1.71. The largest absolute Gasteiger partial charge is 0.508 e. The van der Waals surface area contributed by atoms with Gasteiger partial charge in [0.15, 0.2) is 0 Å². The summed E-state index contributed by atoms with van der Waals surface area (Å²) in [6.45, 7) is 0.263. The highest BCUT2D eigenvalue weighted by Gasteiger charge is 2.01. The van der Waals surface area contributed by atoms with Crippen LogP contribution in [0.3, 0.4) is 0 Å². The van der Waals surface area contributed by atoms with Gasteiger partial charge < -0.3 is 15.2 Å². The fourth-order valence-corrected chi connectivity index (χ4v) is 0.900. The van der Waals surface area contributed by atoms with Crippen LogP contribution in [0.25, 0.3) is 0 Å². The number of hydrogen-bond acceptors (Lipinski definition) is 3. The van der Waals surface area contributed by atoms with Crippen LogP contribution in [0.15, 0.2) is 24.3 Å². The average molecular weight is 181 g/mol. The van der Waals surface area contributed by atoms with Gasteiger partial charge in [-0.05, 0) is 6.07 Å². The van der Waals surface area contributed by atoms with Gasteiger partial charge in [0.1, 0.15) is 5.75 Å². The van der Waals surface area contributed by atoms with Gasteiger partial charge in [-0.15, -0.1) is 0 Å². The Balaban J connectivity index is 2.54. The maximum Gasteiger partial charge on any atom is 0.407 e. The van der Waals surface area contributed by atoms with Crippen LogP contribution in [0.2, 0.25) is 0 Å². The van der Waals surface area contributed by atoms with E-state index in [0.29, 0.717) is 5.56 Å². The molecule has 4 heteroatoms. The van der Waals surface area contributed by atoms with Crippen LogP contribution in [0.5, 0.6) is 5.75 Å². The number of hydrogen-bond donors (Lipinski definition) is 2. The summed E-state index contributed by atoms with van der Waals surface area (Å²) in [6.07, 6.45) is -0.511. The number of nitrogens with one attached hydrogen (secondary N) is 1.